The molecule has 1 unspecified atom stereocenters. The maximum absolute atomic E-state index is 9.14. The summed E-state index contributed by atoms with van der Waals surface area (Å²) in [6.45, 7) is 8.28. The van der Waals surface area contributed by atoms with E-state index in [2.05, 4.69) is 41.2 Å². The Morgan fingerprint density at radius 1 is 1.26 bits per heavy atom. The number of aryl methyl sites for hydroxylation is 1. The second kappa shape index (κ2) is 7.25. The maximum Gasteiger partial charge on any atom is 0.0952 e. The predicted octanol–water partition coefficient (Wildman–Crippen LogP) is 2.07. The molecule has 5 heteroatoms. The summed E-state index contributed by atoms with van der Waals surface area (Å²) in [7, 11) is 0. The molecule has 1 aromatic carbocycles. The molecule has 3 rings (SSSR count). The lowest BCUT2D eigenvalue weighted by atomic mass is 10.1. The van der Waals surface area contributed by atoms with Gasteiger partial charge < -0.3 is 9.84 Å². The molecule has 1 saturated heterocycles. The number of rotatable bonds is 5. The van der Waals surface area contributed by atoms with E-state index in [4.69, 9.17) is 9.84 Å². The highest BCUT2D eigenvalue weighted by molar-refractivity contribution is 5.25. The average molecular weight is 315 g/mol. The fourth-order valence-corrected chi connectivity index (χ4v) is 3.21. The van der Waals surface area contributed by atoms with E-state index in [0.29, 0.717) is 6.54 Å². The topological polar surface area (TPSA) is 50.5 Å². The largest absolute Gasteiger partial charge is 0.394 e. The SMILES string of the molecule is Cc1nn(CCO)c(C)c1CN1CCOC(c2ccccc2)C1. The minimum atomic E-state index is 0.120. The predicted molar refractivity (Wildman–Crippen MR) is 89.2 cm³/mol. The molecule has 5 nitrogen and oxygen atoms in total. The summed E-state index contributed by atoms with van der Waals surface area (Å²) in [5.74, 6) is 0. The van der Waals surface area contributed by atoms with E-state index >= 15 is 0 Å². The fraction of sp³-hybridized carbons (Fsp3) is 0.500. The van der Waals surface area contributed by atoms with Crippen LogP contribution in [0.1, 0.15) is 28.6 Å². The molecule has 0 spiro atoms. The monoisotopic (exact) mass is 315 g/mol. The van der Waals surface area contributed by atoms with Crippen LogP contribution in [0.4, 0.5) is 0 Å². The van der Waals surface area contributed by atoms with Crippen LogP contribution in [0.25, 0.3) is 0 Å². The van der Waals surface area contributed by atoms with Gasteiger partial charge >= 0.3 is 0 Å². The molecule has 0 bridgehead atoms. The van der Waals surface area contributed by atoms with Gasteiger partial charge in [-0.2, -0.15) is 5.10 Å². The first-order valence-electron chi connectivity index (χ1n) is 8.21. The molecule has 0 aliphatic carbocycles. The van der Waals surface area contributed by atoms with E-state index in [0.717, 1.165) is 37.6 Å². The minimum Gasteiger partial charge on any atom is -0.394 e. The molecule has 124 valence electrons. The highest BCUT2D eigenvalue weighted by Crippen LogP contribution is 2.24. The van der Waals surface area contributed by atoms with Crippen LogP contribution in [-0.2, 0) is 17.8 Å². The third-order valence-electron chi connectivity index (χ3n) is 4.55. The Morgan fingerprint density at radius 3 is 2.78 bits per heavy atom. The quantitative estimate of drug-likeness (QED) is 0.918. The lowest BCUT2D eigenvalue weighted by Crippen LogP contribution is -2.38. The number of hydrogen-bond donors (Lipinski definition) is 1. The van der Waals surface area contributed by atoms with Crippen molar-refractivity contribution in [2.75, 3.05) is 26.3 Å². The van der Waals surface area contributed by atoms with Gasteiger partial charge in [-0.3, -0.25) is 9.58 Å². The van der Waals surface area contributed by atoms with Crippen LogP contribution in [0.15, 0.2) is 30.3 Å². The number of nitrogens with zero attached hydrogens (tertiary/aromatic N) is 3. The zero-order chi connectivity index (χ0) is 16.2. The van der Waals surface area contributed by atoms with Crippen molar-refractivity contribution in [3.05, 3.63) is 52.8 Å². The summed E-state index contributed by atoms with van der Waals surface area (Å²) in [4.78, 5) is 2.43. The van der Waals surface area contributed by atoms with Gasteiger partial charge in [0, 0.05) is 30.9 Å². The molecule has 1 N–H and O–H groups in total. The van der Waals surface area contributed by atoms with Crippen LogP contribution in [-0.4, -0.2) is 46.1 Å². The first kappa shape index (κ1) is 16.2. The van der Waals surface area contributed by atoms with Gasteiger partial charge in [-0.1, -0.05) is 30.3 Å². The van der Waals surface area contributed by atoms with Gasteiger partial charge in [-0.05, 0) is 19.4 Å². The molecular weight excluding hydrogens is 290 g/mol. The molecule has 1 atom stereocenters. The van der Waals surface area contributed by atoms with Crippen LogP contribution in [0.2, 0.25) is 0 Å². The van der Waals surface area contributed by atoms with Gasteiger partial charge in [-0.25, -0.2) is 0 Å². The van der Waals surface area contributed by atoms with Crippen molar-refractivity contribution in [2.24, 2.45) is 0 Å². The first-order valence-corrected chi connectivity index (χ1v) is 8.21. The Balaban J connectivity index is 1.71. The molecule has 1 aliphatic rings. The van der Waals surface area contributed by atoms with Gasteiger partial charge in [0.15, 0.2) is 0 Å². The van der Waals surface area contributed by atoms with Gasteiger partial charge in [0.1, 0.15) is 0 Å². The van der Waals surface area contributed by atoms with Crippen molar-refractivity contribution >= 4 is 0 Å². The molecule has 23 heavy (non-hydrogen) atoms. The van der Waals surface area contributed by atoms with Crippen LogP contribution in [0.3, 0.4) is 0 Å². The third-order valence-corrected chi connectivity index (χ3v) is 4.55. The fourth-order valence-electron chi connectivity index (χ4n) is 3.21. The smallest absolute Gasteiger partial charge is 0.0952 e. The van der Waals surface area contributed by atoms with Gasteiger partial charge in [0.05, 0.1) is 31.6 Å². The average Bonchev–Trinajstić information content (AvgIpc) is 2.84. The van der Waals surface area contributed by atoms with Crippen molar-refractivity contribution < 1.29 is 9.84 Å². The van der Waals surface area contributed by atoms with Crippen molar-refractivity contribution in [1.82, 2.24) is 14.7 Å². The summed E-state index contributed by atoms with van der Waals surface area (Å²) in [6.07, 6.45) is 0.137. The van der Waals surface area contributed by atoms with E-state index < -0.39 is 0 Å². The molecule has 2 heterocycles. The zero-order valence-corrected chi connectivity index (χ0v) is 13.9. The summed E-state index contributed by atoms with van der Waals surface area (Å²) in [6, 6.07) is 10.4. The summed E-state index contributed by atoms with van der Waals surface area (Å²) in [5, 5.41) is 13.7. The molecule has 0 radical (unpaired) electrons. The highest BCUT2D eigenvalue weighted by atomic mass is 16.5. The Bertz CT molecular complexity index is 639. The standard InChI is InChI=1S/C18H25N3O2/c1-14-17(15(2)21(19-14)8-10-22)12-20-9-11-23-18(13-20)16-6-4-3-5-7-16/h3-7,18,22H,8-13H2,1-2H3. The van der Waals surface area contributed by atoms with Crippen molar-refractivity contribution in [2.45, 2.75) is 33.0 Å². The Labute approximate surface area is 137 Å². The van der Waals surface area contributed by atoms with E-state index in [1.165, 1.54) is 11.1 Å². The lowest BCUT2D eigenvalue weighted by Gasteiger charge is -2.33. The molecule has 1 fully saturated rings. The summed E-state index contributed by atoms with van der Waals surface area (Å²) < 4.78 is 7.84. The Hall–Kier alpha value is -1.69. The molecule has 2 aromatic rings. The second-order valence-electron chi connectivity index (χ2n) is 6.10. The molecule has 0 saturated carbocycles. The molecule has 1 aliphatic heterocycles. The molecular formula is C18H25N3O2. The number of hydrogen-bond acceptors (Lipinski definition) is 4. The molecule has 0 amide bonds. The second-order valence-corrected chi connectivity index (χ2v) is 6.10. The number of ether oxygens (including phenoxy) is 1. The van der Waals surface area contributed by atoms with Crippen LogP contribution in [0.5, 0.6) is 0 Å². The Kier molecular flexibility index (Phi) is 5.10. The Morgan fingerprint density at radius 2 is 2.04 bits per heavy atom. The maximum atomic E-state index is 9.14. The number of aliphatic hydroxyl groups is 1. The zero-order valence-electron chi connectivity index (χ0n) is 13.9. The van der Waals surface area contributed by atoms with E-state index in [9.17, 15) is 0 Å². The number of aliphatic hydroxyl groups excluding tert-OH is 1. The van der Waals surface area contributed by atoms with Crippen LogP contribution < -0.4 is 0 Å². The van der Waals surface area contributed by atoms with Crippen molar-refractivity contribution in [1.29, 1.82) is 0 Å². The van der Waals surface area contributed by atoms with Gasteiger partial charge in [0.2, 0.25) is 0 Å². The van der Waals surface area contributed by atoms with Crippen molar-refractivity contribution in [3.63, 3.8) is 0 Å². The van der Waals surface area contributed by atoms with E-state index in [-0.39, 0.29) is 12.7 Å². The van der Waals surface area contributed by atoms with Gasteiger partial charge in [0.25, 0.3) is 0 Å². The summed E-state index contributed by atoms with van der Waals surface area (Å²) >= 11 is 0. The van der Waals surface area contributed by atoms with Gasteiger partial charge in [-0.15, -0.1) is 0 Å². The van der Waals surface area contributed by atoms with E-state index in [1.807, 2.05) is 17.7 Å². The highest BCUT2D eigenvalue weighted by Gasteiger charge is 2.23. The molecule has 1 aromatic heterocycles. The van der Waals surface area contributed by atoms with Crippen LogP contribution in [0, 0.1) is 13.8 Å². The number of aromatic nitrogens is 2. The van der Waals surface area contributed by atoms with Crippen LogP contribution >= 0.6 is 0 Å². The first-order chi connectivity index (χ1) is 11.2. The number of morpholine rings is 1. The van der Waals surface area contributed by atoms with E-state index in [1.54, 1.807) is 0 Å². The lowest BCUT2D eigenvalue weighted by molar-refractivity contribution is -0.0330. The third kappa shape index (κ3) is 3.63. The summed E-state index contributed by atoms with van der Waals surface area (Å²) in [5.41, 5.74) is 4.71. The van der Waals surface area contributed by atoms with Crippen molar-refractivity contribution in [3.8, 4) is 0 Å². The normalized spacial score (nSPS) is 19.2. The minimum absolute atomic E-state index is 0.120. The number of benzene rings is 1.